The van der Waals surface area contributed by atoms with Crippen LogP contribution in [0.3, 0.4) is 0 Å². The average molecular weight is 426 g/mol. The quantitative estimate of drug-likeness (QED) is 0.697. The van der Waals surface area contributed by atoms with Gasteiger partial charge >= 0.3 is 0 Å². The number of methoxy groups -OCH3 is 3. The van der Waals surface area contributed by atoms with Gasteiger partial charge in [0, 0.05) is 23.0 Å². The molecule has 0 bridgehead atoms. The maximum atomic E-state index is 13.7. The Balaban J connectivity index is 1.97. The zero-order valence-corrected chi connectivity index (χ0v) is 16.5. The Bertz CT molecular complexity index is 757. The summed E-state index contributed by atoms with van der Waals surface area (Å²) in [4.78, 5) is 12.1. The van der Waals surface area contributed by atoms with E-state index >= 15 is 0 Å². The molecular formula is C19H21BrFNO4. The SMILES string of the molecule is COc1cc(CCC(=O)NCc2cc(Br)ccc2F)cc(OC)c1OC. The van der Waals surface area contributed by atoms with Gasteiger partial charge in [-0.2, -0.15) is 0 Å². The first kappa shape index (κ1) is 20.0. The number of rotatable bonds is 8. The smallest absolute Gasteiger partial charge is 0.220 e. The third-order valence-electron chi connectivity index (χ3n) is 3.85. The lowest BCUT2D eigenvalue weighted by molar-refractivity contribution is -0.121. The van der Waals surface area contributed by atoms with Crippen molar-refractivity contribution in [3.63, 3.8) is 0 Å². The minimum Gasteiger partial charge on any atom is -0.493 e. The first-order valence-corrected chi connectivity index (χ1v) is 8.77. The predicted molar refractivity (Wildman–Crippen MR) is 100 cm³/mol. The summed E-state index contributed by atoms with van der Waals surface area (Å²) in [5.74, 6) is 1.07. The lowest BCUT2D eigenvalue weighted by Crippen LogP contribution is -2.23. The molecule has 2 rings (SSSR count). The molecule has 1 amide bonds. The second-order valence-corrected chi connectivity index (χ2v) is 6.46. The van der Waals surface area contributed by atoms with Gasteiger partial charge in [0.15, 0.2) is 11.5 Å². The van der Waals surface area contributed by atoms with Crippen LogP contribution in [-0.4, -0.2) is 27.2 Å². The molecule has 0 fully saturated rings. The van der Waals surface area contributed by atoms with E-state index < -0.39 is 0 Å². The first-order valence-electron chi connectivity index (χ1n) is 7.98. The van der Waals surface area contributed by atoms with Crippen molar-refractivity contribution in [1.29, 1.82) is 0 Å². The Labute approximate surface area is 160 Å². The van der Waals surface area contributed by atoms with Crippen molar-refractivity contribution >= 4 is 21.8 Å². The van der Waals surface area contributed by atoms with Crippen LogP contribution in [-0.2, 0) is 17.8 Å². The normalized spacial score (nSPS) is 10.3. The molecule has 0 saturated carbocycles. The number of carbonyl (C=O) groups excluding carboxylic acids is 1. The fourth-order valence-electron chi connectivity index (χ4n) is 2.50. The molecule has 2 aromatic rings. The van der Waals surface area contributed by atoms with Crippen molar-refractivity contribution in [3.8, 4) is 17.2 Å². The summed E-state index contributed by atoms with van der Waals surface area (Å²) in [7, 11) is 4.62. The van der Waals surface area contributed by atoms with E-state index in [1.807, 2.05) is 12.1 Å². The van der Waals surface area contributed by atoms with Crippen molar-refractivity contribution < 1.29 is 23.4 Å². The van der Waals surface area contributed by atoms with Crippen LogP contribution in [0, 0.1) is 5.82 Å². The highest BCUT2D eigenvalue weighted by atomic mass is 79.9. The Morgan fingerprint density at radius 2 is 1.73 bits per heavy atom. The van der Waals surface area contributed by atoms with E-state index in [1.54, 1.807) is 26.4 Å². The van der Waals surface area contributed by atoms with E-state index in [4.69, 9.17) is 14.2 Å². The zero-order valence-electron chi connectivity index (χ0n) is 14.9. The highest BCUT2D eigenvalue weighted by Gasteiger charge is 2.14. The van der Waals surface area contributed by atoms with E-state index in [-0.39, 0.29) is 24.7 Å². The molecule has 140 valence electrons. The first-order chi connectivity index (χ1) is 12.5. The molecule has 5 nitrogen and oxygen atoms in total. The lowest BCUT2D eigenvalue weighted by Gasteiger charge is -2.14. The van der Waals surface area contributed by atoms with Crippen LogP contribution in [0.2, 0.25) is 0 Å². The number of aryl methyl sites for hydroxylation is 1. The predicted octanol–water partition coefficient (Wildman–Crippen LogP) is 3.86. The topological polar surface area (TPSA) is 56.8 Å². The van der Waals surface area contributed by atoms with Crippen LogP contribution in [0.25, 0.3) is 0 Å². The lowest BCUT2D eigenvalue weighted by atomic mass is 10.1. The number of ether oxygens (including phenoxy) is 3. The van der Waals surface area contributed by atoms with Gasteiger partial charge in [-0.05, 0) is 42.3 Å². The van der Waals surface area contributed by atoms with Gasteiger partial charge in [-0.25, -0.2) is 4.39 Å². The summed E-state index contributed by atoms with van der Waals surface area (Å²) in [6, 6.07) is 8.24. The minimum atomic E-state index is -0.349. The minimum absolute atomic E-state index is 0.138. The van der Waals surface area contributed by atoms with E-state index in [9.17, 15) is 9.18 Å². The number of benzene rings is 2. The Morgan fingerprint density at radius 1 is 1.08 bits per heavy atom. The van der Waals surface area contributed by atoms with Gasteiger partial charge in [-0.1, -0.05) is 15.9 Å². The molecule has 0 aliphatic rings. The van der Waals surface area contributed by atoms with Crippen molar-refractivity contribution in [2.45, 2.75) is 19.4 Å². The third-order valence-corrected chi connectivity index (χ3v) is 4.34. The molecule has 0 unspecified atom stereocenters. The summed E-state index contributed by atoms with van der Waals surface area (Å²) in [6.45, 7) is 0.138. The summed E-state index contributed by atoms with van der Waals surface area (Å²) in [5.41, 5.74) is 1.31. The van der Waals surface area contributed by atoms with Crippen LogP contribution in [0.4, 0.5) is 4.39 Å². The number of hydrogen-bond donors (Lipinski definition) is 1. The van der Waals surface area contributed by atoms with E-state index in [0.29, 0.717) is 29.2 Å². The molecule has 7 heteroatoms. The summed E-state index contributed by atoms with van der Waals surface area (Å²) >= 11 is 3.29. The molecule has 26 heavy (non-hydrogen) atoms. The van der Waals surface area contributed by atoms with Gasteiger partial charge in [-0.15, -0.1) is 0 Å². The molecule has 0 aliphatic carbocycles. The van der Waals surface area contributed by atoms with Crippen LogP contribution < -0.4 is 19.5 Å². The van der Waals surface area contributed by atoms with Gasteiger partial charge in [0.1, 0.15) is 5.82 Å². The van der Waals surface area contributed by atoms with E-state index in [2.05, 4.69) is 21.2 Å². The molecule has 0 spiro atoms. The number of nitrogens with one attached hydrogen (secondary N) is 1. The molecule has 0 radical (unpaired) electrons. The number of hydrogen-bond acceptors (Lipinski definition) is 4. The maximum absolute atomic E-state index is 13.7. The second-order valence-electron chi connectivity index (χ2n) is 5.55. The molecule has 0 aliphatic heterocycles. The summed E-state index contributed by atoms with van der Waals surface area (Å²) in [6.07, 6.45) is 0.748. The van der Waals surface area contributed by atoms with Crippen molar-refractivity contribution in [2.75, 3.05) is 21.3 Å². The fourth-order valence-corrected chi connectivity index (χ4v) is 2.91. The molecule has 0 aromatic heterocycles. The fraction of sp³-hybridized carbons (Fsp3) is 0.316. The average Bonchev–Trinajstić information content (AvgIpc) is 2.65. The monoisotopic (exact) mass is 425 g/mol. The summed E-state index contributed by atoms with van der Waals surface area (Å²) < 4.78 is 30.3. The van der Waals surface area contributed by atoms with Crippen LogP contribution in [0.5, 0.6) is 17.2 Å². The largest absolute Gasteiger partial charge is 0.493 e. The van der Waals surface area contributed by atoms with Crippen LogP contribution in [0.15, 0.2) is 34.8 Å². The van der Waals surface area contributed by atoms with Crippen LogP contribution >= 0.6 is 15.9 Å². The Morgan fingerprint density at radius 3 is 2.31 bits per heavy atom. The Hall–Kier alpha value is -2.28. The molecule has 0 atom stereocenters. The number of amides is 1. The zero-order chi connectivity index (χ0) is 19.1. The number of halogens is 2. The van der Waals surface area contributed by atoms with Crippen LogP contribution in [0.1, 0.15) is 17.5 Å². The van der Waals surface area contributed by atoms with Crippen molar-refractivity contribution in [2.24, 2.45) is 0 Å². The van der Waals surface area contributed by atoms with Gasteiger partial charge < -0.3 is 19.5 Å². The van der Waals surface area contributed by atoms with Crippen molar-refractivity contribution in [3.05, 3.63) is 51.7 Å². The van der Waals surface area contributed by atoms with Gasteiger partial charge in [0.2, 0.25) is 11.7 Å². The molecular weight excluding hydrogens is 405 g/mol. The van der Waals surface area contributed by atoms with E-state index in [1.165, 1.54) is 13.2 Å². The Kier molecular flexibility index (Phi) is 7.26. The van der Waals surface area contributed by atoms with Crippen molar-refractivity contribution in [1.82, 2.24) is 5.32 Å². The van der Waals surface area contributed by atoms with Gasteiger partial charge in [-0.3, -0.25) is 4.79 Å². The highest BCUT2D eigenvalue weighted by Crippen LogP contribution is 2.38. The standard InChI is InChI=1S/C19H21BrFNO4/c1-24-16-8-12(9-17(25-2)19(16)26-3)4-7-18(23)22-11-13-10-14(20)5-6-15(13)21/h5-6,8-10H,4,7,11H2,1-3H3,(H,22,23). The van der Waals surface area contributed by atoms with Gasteiger partial charge in [0.25, 0.3) is 0 Å². The molecule has 0 saturated heterocycles. The van der Waals surface area contributed by atoms with E-state index in [0.717, 1.165) is 10.0 Å². The maximum Gasteiger partial charge on any atom is 0.220 e. The second kappa shape index (κ2) is 9.43. The number of carbonyl (C=O) groups is 1. The molecule has 2 aromatic carbocycles. The highest BCUT2D eigenvalue weighted by molar-refractivity contribution is 9.10. The molecule has 1 N–H and O–H groups in total. The summed E-state index contributed by atoms with van der Waals surface area (Å²) in [5, 5.41) is 2.73. The third kappa shape index (κ3) is 5.11. The molecule has 0 heterocycles. The van der Waals surface area contributed by atoms with Gasteiger partial charge in [0.05, 0.1) is 21.3 Å².